The molecular weight excluding hydrogens is 266 g/mol. The highest BCUT2D eigenvalue weighted by Crippen LogP contribution is 2.47. The number of hydrogen-bond acceptors (Lipinski definition) is 3. The van der Waals surface area contributed by atoms with Crippen molar-refractivity contribution in [3.05, 3.63) is 23.7 Å². The van der Waals surface area contributed by atoms with Gasteiger partial charge in [-0.05, 0) is 44.2 Å². The molecule has 0 bridgehead atoms. The number of carbonyl (C=O) groups is 1. The molecule has 1 aromatic rings. The van der Waals surface area contributed by atoms with E-state index in [-0.39, 0.29) is 5.91 Å². The van der Waals surface area contributed by atoms with E-state index in [1.54, 1.807) is 0 Å². The number of furan rings is 1. The van der Waals surface area contributed by atoms with Crippen LogP contribution in [0.1, 0.15) is 57.0 Å². The van der Waals surface area contributed by atoms with Crippen LogP contribution in [0.5, 0.6) is 0 Å². The average Bonchev–Trinajstić information content (AvgIpc) is 2.99. The number of piperidine rings is 1. The summed E-state index contributed by atoms with van der Waals surface area (Å²) < 4.78 is 5.84. The first-order valence-corrected chi connectivity index (χ1v) is 8.03. The fraction of sp³-hybridized carbons (Fsp3) is 0.706. The minimum Gasteiger partial charge on any atom is -0.466 e. The molecule has 2 atom stereocenters. The van der Waals surface area contributed by atoms with Gasteiger partial charge in [-0.3, -0.25) is 4.79 Å². The van der Waals surface area contributed by atoms with Crippen LogP contribution in [0.15, 0.2) is 16.5 Å². The van der Waals surface area contributed by atoms with E-state index in [2.05, 4.69) is 13.0 Å². The van der Waals surface area contributed by atoms with Gasteiger partial charge in [-0.25, -0.2) is 0 Å². The summed E-state index contributed by atoms with van der Waals surface area (Å²) in [5.41, 5.74) is -0.604. The first-order chi connectivity index (χ1) is 9.94. The Morgan fingerprint density at radius 3 is 2.71 bits per heavy atom. The van der Waals surface area contributed by atoms with Gasteiger partial charge in [0, 0.05) is 31.8 Å². The molecule has 1 amide bonds. The molecule has 1 saturated carbocycles. The number of rotatable bonds is 4. The maximum Gasteiger partial charge on any atom is 0.223 e. The number of hydrogen-bond donors (Lipinski definition) is 1. The van der Waals surface area contributed by atoms with Crippen molar-refractivity contribution in [1.82, 2.24) is 4.90 Å². The molecule has 1 aromatic heterocycles. The van der Waals surface area contributed by atoms with Crippen LogP contribution in [0.2, 0.25) is 0 Å². The Bertz CT molecular complexity index is 510. The lowest BCUT2D eigenvalue weighted by Gasteiger charge is -2.35. The molecule has 2 fully saturated rings. The number of carbonyl (C=O) groups excluding carboxylic acids is 1. The van der Waals surface area contributed by atoms with E-state index in [1.807, 2.05) is 17.9 Å². The van der Waals surface area contributed by atoms with E-state index < -0.39 is 5.60 Å². The summed E-state index contributed by atoms with van der Waals surface area (Å²) in [7, 11) is 0. The summed E-state index contributed by atoms with van der Waals surface area (Å²) in [6.07, 6.45) is 3.73. The molecule has 1 N–H and O–H groups in total. The number of amides is 1. The molecule has 2 unspecified atom stereocenters. The van der Waals surface area contributed by atoms with Gasteiger partial charge in [0.1, 0.15) is 11.5 Å². The van der Waals surface area contributed by atoms with E-state index in [1.165, 1.54) is 6.42 Å². The second kappa shape index (κ2) is 5.48. The molecule has 0 spiro atoms. The van der Waals surface area contributed by atoms with Crippen LogP contribution in [-0.4, -0.2) is 34.6 Å². The van der Waals surface area contributed by atoms with Crippen molar-refractivity contribution in [2.75, 3.05) is 13.1 Å². The lowest BCUT2D eigenvalue weighted by atomic mass is 9.93. The zero-order valence-corrected chi connectivity index (χ0v) is 13.0. The van der Waals surface area contributed by atoms with Gasteiger partial charge in [-0.2, -0.15) is 0 Å². The lowest BCUT2D eigenvalue weighted by molar-refractivity contribution is -0.134. The van der Waals surface area contributed by atoms with Crippen molar-refractivity contribution in [2.24, 2.45) is 5.92 Å². The Balaban J connectivity index is 1.46. The lowest BCUT2D eigenvalue weighted by Crippen LogP contribution is -2.45. The van der Waals surface area contributed by atoms with E-state index in [4.69, 9.17) is 4.42 Å². The highest BCUT2D eigenvalue weighted by molar-refractivity contribution is 5.76. The summed E-state index contributed by atoms with van der Waals surface area (Å²) in [6, 6.07) is 4.07. The summed E-state index contributed by atoms with van der Waals surface area (Å²) >= 11 is 0. The van der Waals surface area contributed by atoms with Crippen LogP contribution in [0.4, 0.5) is 0 Å². The highest BCUT2D eigenvalue weighted by Gasteiger charge is 2.36. The molecule has 2 heterocycles. The molecular formula is C17H25NO3. The quantitative estimate of drug-likeness (QED) is 0.928. The number of aliphatic hydroxyl groups is 1. The average molecular weight is 291 g/mol. The van der Waals surface area contributed by atoms with E-state index >= 15 is 0 Å². The monoisotopic (exact) mass is 291 g/mol. The molecule has 4 nitrogen and oxygen atoms in total. The highest BCUT2D eigenvalue weighted by atomic mass is 16.3. The van der Waals surface area contributed by atoms with Crippen LogP contribution >= 0.6 is 0 Å². The van der Waals surface area contributed by atoms with Gasteiger partial charge in [0.25, 0.3) is 0 Å². The zero-order valence-electron chi connectivity index (χ0n) is 13.0. The Labute approximate surface area is 126 Å². The zero-order chi connectivity index (χ0) is 15.0. The van der Waals surface area contributed by atoms with Gasteiger partial charge in [0.05, 0.1) is 5.60 Å². The second-order valence-electron chi connectivity index (χ2n) is 7.00. The van der Waals surface area contributed by atoms with Crippen molar-refractivity contribution in [1.29, 1.82) is 0 Å². The maximum absolute atomic E-state index is 12.2. The maximum atomic E-state index is 12.2. The van der Waals surface area contributed by atoms with Gasteiger partial charge in [0.2, 0.25) is 5.91 Å². The Kier molecular flexibility index (Phi) is 3.82. The van der Waals surface area contributed by atoms with Gasteiger partial charge in [0.15, 0.2) is 0 Å². The normalized spacial score (nSPS) is 27.7. The minimum absolute atomic E-state index is 0.170. The summed E-state index contributed by atoms with van der Waals surface area (Å²) in [5, 5.41) is 9.91. The molecule has 21 heavy (non-hydrogen) atoms. The van der Waals surface area contributed by atoms with E-state index in [9.17, 15) is 9.90 Å². The third-order valence-electron chi connectivity index (χ3n) is 4.94. The molecule has 3 rings (SSSR count). The molecule has 1 aliphatic heterocycles. The SMILES string of the molecule is CC1CC1c1ccc(CCC(=O)N2CCC(C)(O)CC2)o1. The van der Waals surface area contributed by atoms with Gasteiger partial charge in [-0.1, -0.05) is 6.92 Å². The number of aryl methyl sites for hydroxylation is 1. The molecule has 2 aliphatic rings. The van der Waals surface area contributed by atoms with Gasteiger partial charge < -0.3 is 14.4 Å². The van der Waals surface area contributed by atoms with E-state index in [0.717, 1.165) is 17.4 Å². The van der Waals surface area contributed by atoms with Crippen LogP contribution in [0.3, 0.4) is 0 Å². The predicted octanol–water partition coefficient (Wildman–Crippen LogP) is 2.71. The Morgan fingerprint density at radius 2 is 2.10 bits per heavy atom. The first kappa shape index (κ1) is 14.6. The largest absolute Gasteiger partial charge is 0.466 e. The second-order valence-corrected chi connectivity index (χ2v) is 7.00. The molecule has 116 valence electrons. The smallest absolute Gasteiger partial charge is 0.223 e. The van der Waals surface area contributed by atoms with Crippen molar-refractivity contribution in [2.45, 2.75) is 57.5 Å². The molecule has 1 saturated heterocycles. The van der Waals surface area contributed by atoms with Crippen molar-refractivity contribution >= 4 is 5.91 Å². The first-order valence-electron chi connectivity index (χ1n) is 8.03. The third kappa shape index (κ3) is 3.49. The number of likely N-dealkylation sites (tertiary alicyclic amines) is 1. The van der Waals surface area contributed by atoms with Crippen LogP contribution < -0.4 is 0 Å². The fourth-order valence-corrected chi connectivity index (χ4v) is 3.07. The van der Waals surface area contributed by atoms with Crippen LogP contribution in [0, 0.1) is 5.92 Å². The van der Waals surface area contributed by atoms with Crippen LogP contribution in [-0.2, 0) is 11.2 Å². The summed E-state index contributed by atoms with van der Waals surface area (Å²) in [5.74, 6) is 3.51. The standard InChI is InChI=1S/C17H25NO3/c1-12-11-14(12)15-5-3-13(21-15)4-6-16(19)18-9-7-17(2,20)8-10-18/h3,5,12,14,20H,4,6-11H2,1-2H3. The third-order valence-corrected chi connectivity index (χ3v) is 4.94. The molecule has 1 aliphatic carbocycles. The fourth-order valence-electron chi connectivity index (χ4n) is 3.07. The van der Waals surface area contributed by atoms with Crippen LogP contribution in [0.25, 0.3) is 0 Å². The molecule has 4 heteroatoms. The minimum atomic E-state index is -0.604. The van der Waals surface area contributed by atoms with Crippen molar-refractivity contribution in [3.63, 3.8) is 0 Å². The van der Waals surface area contributed by atoms with Gasteiger partial charge >= 0.3 is 0 Å². The topological polar surface area (TPSA) is 53.7 Å². The van der Waals surface area contributed by atoms with E-state index in [0.29, 0.717) is 44.7 Å². The molecule has 0 aromatic carbocycles. The Morgan fingerprint density at radius 1 is 1.43 bits per heavy atom. The summed E-state index contributed by atoms with van der Waals surface area (Å²) in [6.45, 7) is 5.41. The van der Waals surface area contributed by atoms with Crippen molar-refractivity contribution < 1.29 is 14.3 Å². The predicted molar refractivity (Wildman–Crippen MR) is 80.0 cm³/mol. The van der Waals surface area contributed by atoms with Gasteiger partial charge in [-0.15, -0.1) is 0 Å². The number of nitrogens with zero attached hydrogens (tertiary/aromatic N) is 1. The van der Waals surface area contributed by atoms with Crippen molar-refractivity contribution in [3.8, 4) is 0 Å². The Hall–Kier alpha value is -1.29. The molecule has 0 radical (unpaired) electrons. The summed E-state index contributed by atoms with van der Waals surface area (Å²) in [4.78, 5) is 14.1.